The summed E-state index contributed by atoms with van der Waals surface area (Å²) in [6.07, 6.45) is 13.6. The maximum absolute atomic E-state index is 10.6. The van der Waals surface area contributed by atoms with E-state index in [1.165, 1.54) is 70.7 Å². The van der Waals surface area contributed by atoms with E-state index in [-0.39, 0.29) is 5.05 Å². The Kier molecular flexibility index (Phi) is 39.1. The van der Waals surface area contributed by atoms with Gasteiger partial charge in [-0.3, -0.25) is 4.79 Å². The lowest BCUT2D eigenvalue weighted by Gasteiger charge is -2.08. The van der Waals surface area contributed by atoms with Crippen molar-refractivity contribution in [3.8, 4) is 41.4 Å². The molecule has 6 aromatic heterocycles. The van der Waals surface area contributed by atoms with Crippen LogP contribution in [0.4, 0.5) is 15.0 Å². The van der Waals surface area contributed by atoms with Gasteiger partial charge < -0.3 is 49.4 Å². The van der Waals surface area contributed by atoms with Gasteiger partial charge in [-0.2, -0.15) is 10.5 Å². The van der Waals surface area contributed by atoms with Crippen molar-refractivity contribution in [2.24, 2.45) is 5.73 Å². The molecular weight excluding hydrogens is 1240 g/mol. The minimum absolute atomic E-state index is 0.221. The Hall–Kier alpha value is -4.11. The van der Waals surface area contributed by atoms with Crippen molar-refractivity contribution >= 4 is 159 Å². The average Bonchev–Trinajstić information content (AvgIpc) is 4.40. The molecule has 0 fully saturated rings. The number of hydrogen-bond acceptors (Lipinski definition) is 20. The molecule has 0 aliphatic heterocycles. The normalized spacial score (nSPS) is 11.0. The molecule has 13 nitrogen and oxygen atoms in total. The number of nitrogens with zero attached hydrogens (tertiary/aromatic N) is 5. The molecule has 0 amide bonds. The Balaban J connectivity index is 0.000000310. The third-order valence-corrected chi connectivity index (χ3v) is 19.9. The number of anilines is 3. The summed E-state index contributed by atoms with van der Waals surface area (Å²) in [7, 11) is 13.7. The van der Waals surface area contributed by atoms with Crippen LogP contribution in [0.15, 0.2) is 83.9 Å². The number of alkyl halides is 2. The summed E-state index contributed by atoms with van der Waals surface area (Å²) in [5.74, 6) is 1.51. The van der Waals surface area contributed by atoms with Crippen LogP contribution < -0.4 is 25.8 Å². The molecule has 0 atom stereocenters. The van der Waals surface area contributed by atoms with Crippen molar-refractivity contribution in [2.75, 3.05) is 142 Å². The molecular formula is C60H79Cl2N7O6S8. The maximum Gasteiger partial charge on any atom is 0.201 e. The van der Waals surface area contributed by atoms with E-state index in [1.54, 1.807) is 62.8 Å². The van der Waals surface area contributed by atoms with E-state index in [1.807, 2.05) is 72.6 Å². The average molecular weight is 1320 g/mol. The first-order valence-electron chi connectivity index (χ1n) is 27.0. The first-order chi connectivity index (χ1) is 40.2. The van der Waals surface area contributed by atoms with Crippen LogP contribution >= 0.6 is 116 Å². The molecule has 6 rings (SSSR count). The van der Waals surface area contributed by atoms with Gasteiger partial charge in [-0.25, -0.2) is 0 Å². The van der Waals surface area contributed by atoms with Gasteiger partial charge in [-0.1, -0.05) is 37.9 Å². The number of rotatable bonds is 34. The van der Waals surface area contributed by atoms with Crippen LogP contribution in [0, 0.1) is 22.7 Å². The lowest BCUT2D eigenvalue weighted by molar-refractivity contribution is 0.0483. The summed E-state index contributed by atoms with van der Waals surface area (Å²) in [6.45, 7) is 6.32. The van der Waals surface area contributed by atoms with E-state index >= 15 is 0 Å². The molecule has 0 bridgehead atoms. The Morgan fingerprint density at radius 3 is 1.24 bits per heavy atom. The van der Waals surface area contributed by atoms with Crippen molar-refractivity contribution in [1.82, 2.24) is 5.32 Å². The van der Waals surface area contributed by atoms with Crippen molar-refractivity contribution in [3.63, 3.8) is 0 Å². The van der Waals surface area contributed by atoms with Gasteiger partial charge in [0.1, 0.15) is 22.7 Å². The molecule has 0 aliphatic carbocycles. The van der Waals surface area contributed by atoms with Crippen LogP contribution in [0.1, 0.15) is 70.8 Å². The van der Waals surface area contributed by atoms with Crippen molar-refractivity contribution in [1.29, 1.82) is 10.5 Å². The van der Waals surface area contributed by atoms with Gasteiger partial charge in [-0.15, -0.1) is 91.2 Å². The Morgan fingerprint density at radius 1 is 0.518 bits per heavy atom. The molecule has 6 aromatic rings. The predicted octanol–water partition coefficient (Wildman–Crippen LogP) is 15.8. The first kappa shape index (κ1) is 73.1. The number of unbranched alkanes of at least 4 members (excludes halogenated alkanes) is 6. The van der Waals surface area contributed by atoms with E-state index in [0.29, 0.717) is 68.9 Å². The highest BCUT2D eigenvalue weighted by Crippen LogP contribution is 2.39. The van der Waals surface area contributed by atoms with Crippen LogP contribution in [0.2, 0.25) is 0 Å². The molecule has 6 heterocycles. The highest BCUT2D eigenvalue weighted by Gasteiger charge is 2.12. The summed E-state index contributed by atoms with van der Waals surface area (Å²) < 4.78 is 26.6. The molecule has 0 unspecified atom stereocenters. The second-order valence-electron chi connectivity index (χ2n) is 18.4. The molecule has 23 heteroatoms. The third kappa shape index (κ3) is 29.7. The van der Waals surface area contributed by atoms with E-state index in [4.69, 9.17) is 82.3 Å². The molecule has 3 N–H and O–H groups in total. The number of carbonyl (C=O) groups excluding carboxylic acids is 1. The van der Waals surface area contributed by atoms with Gasteiger partial charge in [0.05, 0.1) is 72.2 Å². The largest absolute Gasteiger partial charge is 0.486 e. The summed E-state index contributed by atoms with van der Waals surface area (Å²) in [5, 5.41) is 25.6. The van der Waals surface area contributed by atoms with Crippen LogP contribution in [0.3, 0.4) is 0 Å². The number of hydrogen-bond donors (Lipinski definition) is 2. The molecule has 452 valence electrons. The first-order valence-corrected chi connectivity index (χ1v) is 33.8. The topological polar surface area (TPSA) is 159 Å². The fraction of sp³-hybridized carbons (Fsp3) is 0.450. The van der Waals surface area contributed by atoms with Gasteiger partial charge in [0, 0.05) is 119 Å². The smallest absolute Gasteiger partial charge is 0.201 e. The fourth-order valence-electron chi connectivity index (χ4n) is 6.82. The minimum Gasteiger partial charge on any atom is -0.486 e. The lowest BCUT2D eigenvalue weighted by Crippen LogP contribution is -2.27. The fourth-order valence-corrected chi connectivity index (χ4v) is 13.3. The second-order valence-corrected chi connectivity index (χ2v) is 26.4. The second kappa shape index (κ2) is 44.4. The number of methoxy groups -OCH3 is 1. The molecule has 0 spiro atoms. The van der Waals surface area contributed by atoms with Crippen LogP contribution in [0.5, 0.6) is 0 Å². The van der Waals surface area contributed by atoms with Gasteiger partial charge >= 0.3 is 0 Å². The zero-order valence-electron chi connectivity index (χ0n) is 48.6. The van der Waals surface area contributed by atoms with Crippen LogP contribution in [-0.2, 0) is 23.7 Å². The molecule has 0 radical (unpaired) electrons. The molecule has 83 heavy (non-hydrogen) atoms. The number of nitrogens with two attached hydrogens (primary N) is 1. The number of ether oxygens (including phenoxy) is 5. The highest BCUT2D eigenvalue weighted by atomic mass is 35.5. The molecule has 0 aliphatic rings. The summed E-state index contributed by atoms with van der Waals surface area (Å²) >= 11 is 31.7. The lowest BCUT2D eigenvalue weighted by atomic mass is 10.2. The van der Waals surface area contributed by atoms with E-state index < -0.39 is 0 Å². The number of carbonyl (C=O) groups is 1. The summed E-state index contributed by atoms with van der Waals surface area (Å²) in [5.41, 5.74) is 6.09. The molecule has 0 saturated heterocycles. The number of thiophene rings is 6. The Labute approximate surface area is 537 Å². The Bertz CT molecular complexity index is 2900. The van der Waals surface area contributed by atoms with Gasteiger partial charge in [0.2, 0.25) is 5.05 Å². The zero-order valence-corrected chi connectivity index (χ0v) is 56.6. The summed E-state index contributed by atoms with van der Waals surface area (Å²) in [6, 6.07) is 29.0. The van der Waals surface area contributed by atoms with Gasteiger partial charge in [-0.05, 0) is 123 Å². The van der Waals surface area contributed by atoms with Crippen LogP contribution in [0.25, 0.3) is 41.4 Å². The minimum atomic E-state index is 0.221. The standard InChI is InChI=1S/C24H32ClN3O2S3.C15H14N2OS3.C11H11NOS2.C10H22ClNO2/c1-28(2)23-10-9-22(33-23)21-8-7-20(32-21)17-19(18-26)24(31)27-12-14-30-16-15-29-13-6-4-3-5-11-25;1-17(2)14-7-6-13(21-14)12-5-4-11(20-12)8-10(9-16)15(19)18-3;1-12(2)11-6-5-10(15-11)9-4-3-8(7-13)14-9;11-5-3-1-2-4-7-13-9-10-14-8-6-12/h7-10,17H,3-6,11-16H2,1-2H3,(H,27,31);4-8H,1-3H3;3-7H,1-2H3;1-10,12H2/b19-17+;10-8+;;. The van der Waals surface area contributed by atoms with Crippen molar-refractivity contribution < 1.29 is 28.5 Å². The quantitative estimate of drug-likeness (QED) is 0.00981. The number of aldehydes is 1. The molecule has 0 saturated carbocycles. The van der Waals surface area contributed by atoms with E-state index in [0.717, 1.165) is 89.3 Å². The predicted molar refractivity (Wildman–Crippen MR) is 369 cm³/mol. The molecule has 0 aromatic carbocycles. The number of nitrogens with one attached hydrogen (secondary N) is 1. The van der Waals surface area contributed by atoms with Gasteiger partial charge in [0.25, 0.3) is 0 Å². The number of halogens is 2. The zero-order chi connectivity index (χ0) is 60.6. The highest BCUT2D eigenvalue weighted by molar-refractivity contribution is 7.81. The van der Waals surface area contributed by atoms with Crippen molar-refractivity contribution in [2.45, 2.75) is 51.4 Å². The van der Waals surface area contributed by atoms with E-state index in [9.17, 15) is 10.1 Å². The number of nitriles is 2. The van der Waals surface area contributed by atoms with Gasteiger partial charge in [0.15, 0.2) is 6.29 Å². The summed E-state index contributed by atoms with van der Waals surface area (Å²) in [4.78, 5) is 27.2. The maximum atomic E-state index is 10.6. The van der Waals surface area contributed by atoms with E-state index in [2.05, 4.69) is 80.7 Å². The monoisotopic (exact) mass is 1320 g/mol. The van der Waals surface area contributed by atoms with Crippen molar-refractivity contribution in [3.05, 3.63) is 98.6 Å². The Morgan fingerprint density at radius 2 is 0.880 bits per heavy atom. The number of thiocarbonyl (C=S) groups is 2. The SMILES string of the molecule is CN(C)c1ccc(-c2ccc(/C=C(\C#N)C(=S)NCCOCCOCCCCCCCl)s2)s1.CN(C)c1ccc(-c2ccc(C=O)s2)s1.COC(=S)/C(C#N)=C/c1ccc(-c2ccc(N(C)C)s2)s1.NCCOCCOCCCCCCCl. The van der Waals surface area contributed by atoms with Crippen LogP contribution in [-0.4, -0.2) is 143 Å². The third-order valence-electron chi connectivity index (χ3n) is 11.2.